The van der Waals surface area contributed by atoms with Crippen molar-refractivity contribution in [2.45, 2.75) is 56.9 Å². The van der Waals surface area contributed by atoms with Crippen LogP contribution in [0.15, 0.2) is 95.7 Å². The van der Waals surface area contributed by atoms with E-state index in [0.717, 1.165) is 80.4 Å². The molecule has 0 bridgehead atoms. The zero-order valence-corrected chi connectivity index (χ0v) is 35.8. The third-order valence-electron chi connectivity index (χ3n) is 12.1. The summed E-state index contributed by atoms with van der Waals surface area (Å²) in [5.41, 5.74) is 5.35. The van der Waals surface area contributed by atoms with Gasteiger partial charge in [0, 0.05) is 86.4 Å². The smallest absolute Gasteiger partial charge is 0.293 e. The normalized spacial score (nSPS) is 19.2. The number of hydrogen-bond acceptors (Lipinski definition) is 11. The van der Waals surface area contributed by atoms with Gasteiger partial charge in [-0.1, -0.05) is 36.2 Å². The number of halogens is 1. The van der Waals surface area contributed by atoms with Crippen LogP contribution in [0.25, 0.3) is 16.6 Å². The van der Waals surface area contributed by atoms with Crippen LogP contribution in [0.1, 0.15) is 61.9 Å². The van der Waals surface area contributed by atoms with Crippen LogP contribution in [0.2, 0.25) is 5.02 Å². The number of anilines is 2. The van der Waals surface area contributed by atoms with Gasteiger partial charge in [0.15, 0.2) is 0 Å². The largest absolute Gasteiger partial charge is 0.455 e. The number of nitro groups is 1. The summed E-state index contributed by atoms with van der Waals surface area (Å²) in [5, 5.41) is 16.7. The Kier molecular flexibility index (Phi) is 12.6. The highest BCUT2D eigenvalue weighted by Gasteiger charge is 2.30. The number of allylic oxidation sites excluding steroid dienone is 1. The molecule has 320 valence electrons. The SMILES string of the molecule is CC1CCC(CN2CCN(c3ccc(C(=O)NS(=O)(=O)c4ccc(NCC5CCOCC5)c([N+](=O)[O-])c4)c(Oc4cnc5[nH]ccc5c4)c3)CC2C)=C(c2ccc(Cl)cc2)C1. The van der Waals surface area contributed by atoms with Crippen molar-refractivity contribution in [3.63, 3.8) is 0 Å². The Bertz CT molecular complexity index is 2560. The van der Waals surface area contributed by atoms with Gasteiger partial charge in [-0.15, -0.1) is 0 Å². The average molecular weight is 868 g/mol. The fourth-order valence-corrected chi connectivity index (χ4v) is 9.64. The van der Waals surface area contributed by atoms with Crippen LogP contribution in [-0.2, 0) is 14.8 Å². The molecule has 2 aromatic heterocycles. The maximum absolute atomic E-state index is 13.9. The van der Waals surface area contributed by atoms with Crippen LogP contribution in [0.4, 0.5) is 17.1 Å². The van der Waals surface area contributed by atoms with Crippen LogP contribution in [0.3, 0.4) is 0 Å². The Balaban J connectivity index is 1.02. The molecule has 2 saturated heterocycles. The standard InChI is InChI=1S/C45H50ClN7O7S/c1-29-3-4-34(40(21-29)32-5-7-35(46)8-6-32)28-51-17-18-52(27-30(51)2)36-9-11-39(43(23-36)60-37-22-33-13-16-47-44(33)49-26-37)45(54)50-61(57,58)38-10-12-41(42(24-38)53(55)56)48-25-31-14-19-59-20-15-31/h5-13,16,22-24,26,29-31,48H,3-4,14-15,17-21,25,27-28H2,1-2H3,(H,47,49)(H,50,54). The first kappa shape index (κ1) is 42.2. The molecule has 1 aliphatic carbocycles. The average Bonchev–Trinajstić information content (AvgIpc) is 3.73. The van der Waals surface area contributed by atoms with E-state index in [2.05, 4.69) is 55.8 Å². The number of pyridine rings is 1. The summed E-state index contributed by atoms with van der Waals surface area (Å²) in [6, 6.07) is 20.7. The first-order valence-corrected chi connectivity index (χ1v) is 22.6. The Morgan fingerprint density at radius 1 is 1.03 bits per heavy atom. The number of amides is 1. The molecule has 0 saturated carbocycles. The molecule has 2 atom stereocenters. The third kappa shape index (κ3) is 9.86. The lowest BCUT2D eigenvalue weighted by Gasteiger charge is -2.42. The molecule has 3 aromatic carbocycles. The quantitative estimate of drug-likeness (QED) is 0.0764. The van der Waals surface area contributed by atoms with Gasteiger partial charge < -0.3 is 24.7 Å². The summed E-state index contributed by atoms with van der Waals surface area (Å²) in [7, 11) is -4.56. The maximum Gasteiger partial charge on any atom is 0.293 e. The number of carbonyl (C=O) groups is 1. The Hall–Kier alpha value is -5.48. The monoisotopic (exact) mass is 867 g/mol. The lowest BCUT2D eigenvalue weighted by Crippen LogP contribution is -2.52. The van der Waals surface area contributed by atoms with E-state index in [4.69, 9.17) is 21.1 Å². The van der Waals surface area contributed by atoms with Crippen molar-refractivity contribution in [3.05, 3.63) is 117 Å². The molecule has 2 fully saturated rings. The molecule has 3 N–H and O–H groups in total. The number of rotatable bonds is 13. The summed E-state index contributed by atoms with van der Waals surface area (Å²) in [4.78, 5) is 37.2. The zero-order valence-electron chi connectivity index (χ0n) is 34.2. The van der Waals surface area contributed by atoms with E-state index < -0.39 is 31.4 Å². The molecule has 61 heavy (non-hydrogen) atoms. The molecular weight excluding hydrogens is 818 g/mol. The van der Waals surface area contributed by atoms with Crippen molar-refractivity contribution in [1.82, 2.24) is 19.6 Å². The molecule has 2 aliphatic heterocycles. The number of hydrogen-bond donors (Lipinski definition) is 3. The van der Waals surface area contributed by atoms with Gasteiger partial charge >= 0.3 is 0 Å². The summed E-state index contributed by atoms with van der Waals surface area (Å²) in [6.45, 7) is 9.41. The van der Waals surface area contributed by atoms with Crippen LogP contribution < -0.4 is 19.7 Å². The number of H-pyrrole nitrogens is 1. The molecule has 4 heterocycles. The van der Waals surface area contributed by atoms with Crippen molar-refractivity contribution < 1.29 is 27.6 Å². The zero-order chi connectivity index (χ0) is 42.7. The van der Waals surface area contributed by atoms with Gasteiger partial charge in [0.25, 0.3) is 21.6 Å². The number of nitrogens with one attached hydrogen (secondary N) is 3. The van der Waals surface area contributed by atoms with Gasteiger partial charge in [0.05, 0.1) is 21.6 Å². The fourth-order valence-electron chi connectivity index (χ4n) is 8.53. The molecular formula is C45H50ClN7O7S. The Morgan fingerprint density at radius 3 is 2.61 bits per heavy atom. The number of aromatic nitrogens is 2. The predicted octanol–water partition coefficient (Wildman–Crippen LogP) is 8.66. The molecule has 1 amide bonds. The number of ether oxygens (including phenoxy) is 2. The van der Waals surface area contributed by atoms with Gasteiger partial charge in [-0.3, -0.25) is 19.8 Å². The number of fused-ring (bicyclic) bond motifs is 1. The van der Waals surface area contributed by atoms with E-state index in [1.165, 1.54) is 35.0 Å². The van der Waals surface area contributed by atoms with E-state index in [-0.39, 0.29) is 29.0 Å². The lowest BCUT2D eigenvalue weighted by molar-refractivity contribution is -0.384. The second-order valence-electron chi connectivity index (χ2n) is 16.4. The van der Waals surface area contributed by atoms with E-state index in [9.17, 15) is 23.3 Å². The van der Waals surface area contributed by atoms with Crippen molar-refractivity contribution in [3.8, 4) is 11.5 Å². The van der Waals surface area contributed by atoms with Gasteiger partial charge in [-0.2, -0.15) is 0 Å². The van der Waals surface area contributed by atoms with Crippen molar-refractivity contribution >= 4 is 61.2 Å². The minimum Gasteiger partial charge on any atom is -0.455 e. The van der Waals surface area contributed by atoms with Crippen molar-refractivity contribution in [1.29, 1.82) is 0 Å². The second kappa shape index (κ2) is 18.2. The highest BCUT2D eigenvalue weighted by Crippen LogP contribution is 2.38. The molecule has 16 heteroatoms. The number of benzene rings is 3. The van der Waals surface area contributed by atoms with Gasteiger partial charge in [0.2, 0.25) is 0 Å². The number of sulfonamides is 1. The molecule has 2 unspecified atom stereocenters. The molecule has 0 spiro atoms. The van der Waals surface area contributed by atoms with Gasteiger partial charge in [-0.25, -0.2) is 18.1 Å². The first-order chi connectivity index (χ1) is 29.4. The number of carbonyl (C=O) groups excluding carboxylic acids is 1. The van der Waals surface area contributed by atoms with E-state index >= 15 is 0 Å². The Labute approximate surface area is 360 Å². The van der Waals surface area contributed by atoms with Crippen LogP contribution >= 0.6 is 11.6 Å². The van der Waals surface area contributed by atoms with Gasteiger partial charge in [-0.05, 0) is 111 Å². The summed E-state index contributed by atoms with van der Waals surface area (Å²) in [6.07, 6.45) is 8.21. The van der Waals surface area contributed by atoms with Crippen molar-refractivity contribution in [2.75, 3.05) is 56.2 Å². The lowest BCUT2D eigenvalue weighted by atomic mass is 9.81. The number of nitro benzene ring substituents is 1. The minimum absolute atomic E-state index is 0.0365. The Morgan fingerprint density at radius 2 is 1.84 bits per heavy atom. The van der Waals surface area contributed by atoms with E-state index in [1.807, 2.05) is 18.2 Å². The summed E-state index contributed by atoms with van der Waals surface area (Å²) in [5.74, 6) is 0.422. The minimum atomic E-state index is -4.56. The molecule has 3 aliphatic rings. The highest BCUT2D eigenvalue weighted by atomic mass is 35.5. The topological polar surface area (TPSA) is 172 Å². The fraction of sp³-hybridized carbons (Fsp3) is 0.378. The summed E-state index contributed by atoms with van der Waals surface area (Å²) >= 11 is 6.23. The third-order valence-corrected chi connectivity index (χ3v) is 13.7. The van der Waals surface area contributed by atoms with Crippen LogP contribution in [0.5, 0.6) is 11.5 Å². The second-order valence-corrected chi connectivity index (χ2v) is 18.5. The van der Waals surface area contributed by atoms with E-state index in [1.54, 1.807) is 30.5 Å². The molecule has 0 radical (unpaired) electrons. The van der Waals surface area contributed by atoms with Crippen LogP contribution in [-0.4, -0.2) is 86.1 Å². The first-order valence-electron chi connectivity index (χ1n) is 20.8. The van der Waals surface area contributed by atoms with Crippen molar-refractivity contribution in [2.24, 2.45) is 11.8 Å². The molecule has 14 nitrogen and oxygen atoms in total. The summed E-state index contributed by atoms with van der Waals surface area (Å²) < 4.78 is 41.2. The number of aromatic amines is 1. The molecule has 5 aromatic rings. The number of nitrogens with zero attached hydrogens (tertiary/aromatic N) is 4. The number of piperazine rings is 1. The van der Waals surface area contributed by atoms with Crippen LogP contribution in [0, 0.1) is 22.0 Å². The maximum atomic E-state index is 13.9. The van der Waals surface area contributed by atoms with E-state index in [0.29, 0.717) is 37.1 Å². The molecule has 8 rings (SSSR count). The van der Waals surface area contributed by atoms with Gasteiger partial charge in [0.1, 0.15) is 22.8 Å². The predicted molar refractivity (Wildman–Crippen MR) is 237 cm³/mol. The highest BCUT2D eigenvalue weighted by molar-refractivity contribution is 7.90.